The van der Waals surface area contributed by atoms with Crippen LogP contribution >= 0.6 is 0 Å². The molecule has 0 radical (unpaired) electrons. The van der Waals surface area contributed by atoms with Crippen LogP contribution < -0.4 is 24.3 Å². The molecule has 2 rings (SSSR count). The molecule has 0 fully saturated rings. The van der Waals surface area contributed by atoms with Gasteiger partial charge in [0, 0.05) is 12.6 Å². The Bertz CT molecular complexity index is 730. The molecule has 2 aromatic rings. The molecular weight excluding hydrogens is 322 g/mol. The number of methoxy groups -OCH3 is 3. The summed E-state index contributed by atoms with van der Waals surface area (Å²) in [6, 6.07) is 10.6. The average molecular weight is 345 g/mol. The van der Waals surface area contributed by atoms with E-state index in [0.717, 1.165) is 5.56 Å². The highest BCUT2D eigenvalue weighted by Crippen LogP contribution is 2.28. The lowest BCUT2D eigenvalue weighted by Gasteiger charge is -2.13. The van der Waals surface area contributed by atoms with Crippen molar-refractivity contribution in [2.45, 2.75) is 13.5 Å². The summed E-state index contributed by atoms with van der Waals surface area (Å²) in [5.74, 6) is 2.17. The first-order valence-corrected chi connectivity index (χ1v) is 7.92. The number of nitrogens with one attached hydrogen (secondary N) is 1. The Morgan fingerprint density at radius 3 is 2.32 bits per heavy atom. The fraction of sp³-hybridized carbons (Fsp3) is 0.316. The Morgan fingerprint density at radius 2 is 1.68 bits per heavy atom. The van der Waals surface area contributed by atoms with Crippen LogP contribution in [-0.4, -0.2) is 33.8 Å². The van der Waals surface area contributed by atoms with Gasteiger partial charge < -0.3 is 24.3 Å². The zero-order valence-electron chi connectivity index (χ0n) is 14.9. The van der Waals surface area contributed by atoms with Gasteiger partial charge in [0.05, 0.1) is 33.5 Å². The van der Waals surface area contributed by atoms with Crippen molar-refractivity contribution in [3.8, 4) is 23.0 Å². The van der Waals surface area contributed by atoms with E-state index in [4.69, 9.17) is 18.9 Å². The Hall–Kier alpha value is -2.89. The molecule has 0 saturated carbocycles. The molecule has 2 aromatic carbocycles. The summed E-state index contributed by atoms with van der Waals surface area (Å²) >= 11 is 0. The van der Waals surface area contributed by atoms with Gasteiger partial charge in [0.25, 0.3) is 5.91 Å². The second kappa shape index (κ2) is 8.82. The molecule has 0 bridgehead atoms. The van der Waals surface area contributed by atoms with Gasteiger partial charge in [-0.25, -0.2) is 0 Å². The summed E-state index contributed by atoms with van der Waals surface area (Å²) in [5.41, 5.74) is 1.35. The maximum Gasteiger partial charge on any atom is 0.255 e. The Balaban J connectivity index is 2.11. The number of carbonyl (C=O) groups is 1. The average Bonchev–Trinajstić information content (AvgIpc) is 2.65. The Morgan fingerprint density at radius 1 is 0.920 bits per heavy atom. The monoisotopic (exact) mass is 345 g/mol. The molecule has 0 saturated heterocycles. The minimum Gasteiger partial charge on any atom is -0.497 e. The molecular formula is C19H23NO5. The Labute approximate surface area is 147 Å². The predicted molar refractivity (Wildman–Crippen MR) is 94.9 cm³/mol. The van der Waals surface area contributed by atoms with Gasteiger partial charge in [-0.3, -0.25) is 4.79 Å². The highest BCUT2D eigenvalue weighted by Gasteiger charge is 2.13. The lowest BCUT2D eigenvalue weighted by atomic mass is 10.1. The van der Waals surface area contributed by atoms with Crippen LogP contribution in [0.1, 0.15) is 22.8 Å². The highest BCUT2D eigenvalue weighted by molar-refractivity contribution is 5.97. The molecule has 6 nitrogen and oxygen atoms in total. The topological polar surface area (TPSA) is 66.0 Å². The SMILES string of the molecule is CCOc1cc(CNC(=O)c2ccc(OC)cc2OC)ccc1OC. The highest BCUT2D eigenvalue weighted by atomic mass is 16.5. The second-order valence-electron chi connectivity index (χ2n) is 5.17. The minimum absolute atomic E-state index is 0.228. The van der Waals surface area contributed by atoms with E-state index in [0.29, 0.717) is 41.7 Å². The minimum atomic E-state index is -0.228. The second-order valence-corrected chi connectivity index (χ2v) is 5.17. The zero-order valence-corrected chi connectivity index (χ0v) is 14.9. The van der Waals surface area contributed by atoms with E-state index in [2.05, 4.69) is 5.32 Å². The van der Waals surface area contributed by atoms with Crippen molar-refractivity contribution in [1.29, 1.82) is 0 Å². The van der Waals surface area contributed by atoms with E-state index in [-0.39, 0.29) is 5.91 Å². The molecule has 6 heteroatoms. The molecule has 0 aliphatic carbocycles. The lowest BCUT2D eigenvalue weighted by Crippen LogP contribution is -2.23. The van der Waals surface area contributed by atoms with Gasteiger partial charge in [0.1, 0.15) is 11.5 Å². The summed E-state index contributed by atoms with van der Waals surface area (Å²) in [4.78, 5) is 12.4. The summed E-state index contributed by atoms with van der Waals surface area (Å²) in [6.45, 7) is 2.80. The van der Waals surface area contributed by atoms with E-state index in [1.807, 2.05) is 25.1 Å². The van der Waals surface area contributed by atoms with Crippen molar-refractivity contribution < 1.29 is 23.7 Å². The van der Waals surface area contributed by atoms with Crippen LogP contribution in [0.5, 0.6) is 23.0 Å². The summed E-state index contributed by atoms with van der Waals surface area (Å²) in [5, 5.41) is 2.88. The van der Waals surface area contributed by atoms with Crippen molar-refractivity contribution in [3.05, 3.63) is 47.5 Å². The van der Waals surface area contributed by atoms with Gasteiger partial charge in [-0.05, 0) is 36.8 Å². The third-order valence-corrected chi connectivity index (χ3v) is 3.63. The normalized spacial score (nSPS) is 10.1. The van der Waals surface area contributed by atoms with Crippen LogP contribution in [0.25, 0.3) is 0 Å². The third kappa shape index (κ3) is 4.56. The summed E-state index contributed by atoms with van der Waals surface area (Å²) < 4.78 is 21.2. The molecule has 0 aromatic heterocycles. The quantitative estimate of drug-likeness (QED) is 0.796. The molecule has 25 heavy (non-hydrogen) atoms. The molecule has 0 heterocycles. The number of hydrogen-bond acceptors (Lipinski definition) is 5. The molecule has 0 aliphatic heterocycles. The van der Waals surface area contributed by atoms with Crippen LogP contribution in [0, 0.1) is 0 Å². The van der Waals surface area contributed by atoms with Gasteiger partial charge in [-0.2, -0.15) is 0 Å². The zero-order chi connectivity index (χ0) is 18.2. The first-order valence-electron chi connectivity index (χ1n) is 7.92. The van der Waals surface area contributed by atoms with Crippen molar-refractivity contribution in [2.75, 3.05) is 27.9 Å². The van der Waals surface area contributed by atoms with Gasteiger partial charge in [-0.15, -0.1) is 0 Å². The van der Waals surface area contributed by atoms with Crippen LogP contribution in [0.2, 0.25) is 0 Å². The maximum absolute atomic E-state index is 12.4. The van der Waals surface area contributed by atoms with Crippen LogP contribution in [0.3, 0.4) is 0 Å². The molecule has 0 atom stereocenters. The standard InChI is InChI=1S/C19H23NO5/c1-5-25-18-10-13(6-9-16(18)23-3)12-20-19(21)15-8-7-14(22-2)11-17(15)24-4/h6-11H,5,12H2,1-4H3,(H,20,21). The van der Waals surface area contributed by atoms with E-state index < -0.39 is 0 Å². The molecule has 0 aliphatic rings. The van der Waals surface area contributed by atoms with Crippen molar-refractivity contribution in [1.82, 2.24) is 5.32 Å². The number of amides is 1. The maximum atomic E-state index is 12.4. The molecule has 1 amide bonds. The Kier molecular flexibility index (Phi) is 6.51. The molecule has 0 spiro atoms. The number of benzene rings is 2. The number of ether oxygens (including phenoxy) is 4. The van der Waals surface area contributed by atoms with Crippen molar-refractivity contribution >= 4 is 5.91 Å². The molecule has 0 unspecified atom stereocenters. The van der Waals surface area contributed by atoms with Crippen LogP contribution in [0.15, 0.2) is 36.4 Å². The fourth-order valence-electron chi connectivity index (χ4n) is 2.36. The van der Waals surface area contributed by atoms with Gasteiger partial charge in [0.15, 0.2) is 11.5 Å². The number of hydrogen-bond donors (Lipinski definition) is 1. The molecule has 1 N–H and O–H groups in total. The van der Waals surface area contributed by atoms with Gasteiger partial charge in [0.2, 0.25) is 0 Å². The van der Waals surface area contributed by atoms with Crippen LogP contribution in [-0.2, 0) is 6.54 Å². The predicted octanol–water partition coefficient (Wildman–Crippen LogP) is 3.04. The van der Waals surface area contributed by atoms with Crippen molar-refractivity contribution in [3.63, 3.8) is 0 Å². The number of rotatable bonds is 8. The third-order valence-electron chi connectivity index (χ3n) is 3.63. The van der Waals surface area contributed by atoms with E-state index in [1.54, 1.807) is 32.4 Å². The van der Waals surface area contributed by atoms with Gasteiger partial charge >= 0.3 is 0 Å². The van der Waals surface area contributed by atoms with E-state index in [9.17, 15) is 4.79 Å². The largest absolute Gasteiger partial charge is 0.497 e. The van der Waals surface area contributed by atoms with Gasteiger partial charge in [-0.1, -0.05) is 6.07 Å². The van der Waals surface area contributed by atoms with E-state index >= 15 is 0 Å². The summed E-state index contributed by atoms with van der Waals surface area (Å²) in [7, 11) is 4.67. The number of carbonyl (C=O) groups excluding carboxylic acids is 1. The molecule has 134 valence electrons. The van der Waals surface area contributed by atoms with Crippen LogP contribution in [0.4, 0.5) is 0 Å². The summed E-state index contributed by atoms with van der Waals surface area (Å²) in [6.07, 6.45) is 0. The van der Waals surface area contributed by atoms with E-state index in [1.165, 1.54) is 7.11 Å². The first-order chi connectivity index (χ1) is 12.1. The smallest absolute Gasteiger partial charge is 0.255 e. The lowest BCUT2D eigenvalue weighted by molar-refractivity contribution is 0.0947. The first kappa shape index (κ1) is 18.4. The van der Waals surface area contributed by atoms with Crippen molar-refractivity contribution in [2.24, 2.45) is 0 Å². The fourth-order valence-corrected chi connectivity index (χ4v) is 2.36.